The Morgan fingerprint density at radius 3 is 2.38 bits per heavy atom. The van der Waals surface area contributed by atoms with Crippen LogP contribution in [0.5, 0.6) is 11.5 Å². The second-order valence-electron chi connectivity index (χ2n) is 3.87. The van der Waals surface area contributed by atoms with Crippen molar-refractivity contribution in [1.29, 1.82) is 0 Å². The Morgan fingerprint density at radius 2 is 1.88 bits per heavy atom. The van der Waals surface area contributed by atoms with Crippen LogP contribution in [0.4, 0.5) is 0 Å². The van der Waals surface area contributed by atoms with Crippen molar-refractivity contribution in [2.75, 3.05) is 14.2 Å². The highest BCUT2D eigenvalue weighted by Gasteiger charge is 2.14. The summed E-state index contributed by atoms with van der Waals surface area (Å²) in [6, 6.07) is 3.89. The minimum absolute atomic E-state index is 0.141. The van der Waals surface area contributed by atoms with Gasteiger partial charge >= 0.3 is 0 Å². The van der Waals surface area contributed by atoms with Gasteiger partial charge in [0.1, 0.15) is 17.8 Å². The first-order valence-electron chi connectivity index (χ1n) is 5.30. The minimum atomic E-state index is 0.141. The summed E-state index contributed by atoms with van der Waals surface area (Å²) >= 11 is 0. The Kier molecular flexibility index (Phi) is 4.35. The van der Waals surface area contributed by atoms with E-state index in [1.165, 1.54) is 0 Å². The summed E-state index contributed by atoms with van der Waals surface area (Å²) in [5.41, 5.74) is 2.04. The van der Waals surface area contributed by atoms with Crippen molar-refractivity contribution in [1.82, 2.24) is 0 Å². The lowest BCUT2D eigenvalue weighted by molar-refractivity contribution is -0.108. The second-order valence-corrected chi connectivity index (χ2v) is 3.87. The molecule has 0 aliphatic carbocycles. The molecule has 16 heavy (non-hydrogen) atoms. The zero-order valence-electron chi connectivity index (χ0n) is 10.2. The van der Waals surface area contributed by atoms with Gasteiger partial charge in [0.2, 0.25) is 0 Å². The van der Waals surface area contributed by atoms with Gasteiger partial charge in [0.05, 0.1) is 14.2 Å². The summed E-state index contributed by atoms with van der Waals surface area (Å²) in [5.74, 6) is 1.78. The average Bonchev–Trinajstić information content (AvgIpc) is 2.28. The van der Waals surface area contributed by atoms with Crippen LogP contribution < -0.4 is 9.47 Å². The lowest BCUT2D eigenvalue weighted by Gasteiger charge is -2.16. The molecule has 0 aromatic heterocycles. The molecule has 3 nitrogen and oxygen atoms in total. The lowest BCUT2D eigenvalue weighted by atomic mass is 9.96. The van der Waals surface area contributed by atoms with Crippen molar-refractivity contribution in [3.05, 3.63) is 23.3 Å². The number of hydrogen-bond acceptors (Lipinski definition) is 3. The van der Waals surface area contributed by atoms with Gasteiger partial charge in [-0.2, -0.15) is 0 Å². The van der Waals surface area contributed by atoms with Gasteiger partial charge in [-0.3, -0.25) is 0 Å². The molecule has 0 fully saturated rings. The monoisotopic (exact) mass is 222 g/mol. The molecule has 0 amide bonds. The molecule has 0 radical (unpaired) electrons. The molecule has 0 saturated carbocycles. The zero-order chi connectivity index (χ0) is 12.1. The molecule has 0 aliphatic heterocycles. The molecule has 1 rings (SSSR count). The molecular weight excluding hydrogens is 204 g/mol. The van der Waals surface area contributed by atoms with E-state index in [-0.39, 0.29) is 5.92 Å². The molecule has 0 spiro atoms. The Labute approximate surface area is 96.4 Å². The molecule has 0 heterocycles. The summed E-state index contributed by atoms with van der Waals surface area (Å²) < 4.78 is 10.6. The lowest BCUT2D eigenvalue weighted by Crippen LogP contribution is -2.00. The van der Waals surface area contributed by atoms with Gasteiger partial charge in [0.25, 0.3) is 0 Å². The number of carbonyl (C=O) groups excluding carboxylic acids is 1. The number of hydrogen-bond donors (Lipinski definition) is 0. The maximum absolute atomic E-state index is 10.5. The van der Waals surface area contributed by atoms with E-state index in [9.17, 15) is 4.79 Å². The van der Waals surface area contributed by atoms with Crippen molar-refractivity contribution in [3.63, 3.8) is 0 Å². The van der Waals surface area contributed by atoms with Gasteiger partial charge in [0, 0.05) is 12.0 Å². The summed E-state index contributed by atoms with van der Waals surface area (Å²) in [5, 5.41) is 0. The first-order chi connectivity index (χ1) is 7.63. The molecule has 1 aromatic rings. The van der Waals surface area contributed by atoms with Crippen molar-refractivity contribution < 1.29 is 14.3 Å². The van der Waals surface area contributed by atoms with Gasteiger partial charge in [-0.25, -0.2) is 0 Å². The average molecular weight is 222 g/mol. The number of carbonyl (C=O) groups is 1. The molecule has 3 heteroatoms. The second kappa shape index (κ2) is 5.54. The van der Waals surface area contributed by atoms with Crippen LogP contribution in [0.1, 0.15) is 30.4 Å². The van der Waals surface area contributed by atoms with Gasteiger partial charge in [-0.1, -0.05) is 6.92 Å². The van der Waals surface area contributed by atoms with E-state index in [2.05, 4.69) is 0 Å². The normalized spacial score (nSPS) is 12.0. The Hall–Kier alpha value is -1.51. The fourth-order valence-corrected chi connectivity index (χ4v) is 1.73. The van der Waals surface area contributed by atoms with Crippen LogP contribution in [-0.4, -0.2) is 20.5 Å². The predicted octanol–water partition coefficient (Wildman–Crippen LogP) is 2.70. The number of aryl methyl sites for hydroxylation is 1. The number of methoxy groups -OCH3 is 2. The fourth-order valence-electron chi connectivity index (χ4n) is 1.73. The van der Waals surface area contributed by atoms with E-state index in [1.54, 1.807) is 14.2 Å². The first-order valence-corrected chi connectivity index (χ1v) is 5.30. The van der Waals surface area contributed by atoms with E-state index in [1.807, 2.05) is 26.0 Å². The molecule has 0 saturated heterocycles. The predicted molar refractivity (Wildman–Crippen MR) is 63.4 cm³/mol. The van der Waals surface area contributed by atoms with Crippen LogP contribution >= 0.6 is 0 Å². The van der Waals surface area contributed by atoms with Crippen LogP contribution in [-0.2, 0) is 4.79 Å². The van der Waals surface area contributed by atoms with Crippen molar-refractivity contribution in [2.45, 2.75) is 26.2 Å². The van der Waals surface area contributed by atoms with Crippen LogP contribution in [0, 0.1) is 6.92 Å². The number of rotatable bonds is 5. The van der Waals surface area contributed by atoms with Crippen LogP contribution in [0.3, 0.4) is 0 Å². The van der Waals surface area contributed by atoms with Crippen molar-refractivity contribution >= 4 is 6.29 Å². The van der Waals surface area contributed by atoms with Crippen molar-refractivity contribution in [2.24, 2.45) is 0 Å². The van der Waals surface area contributed by atoms with Gasteiger partial charge in [-0.05, 0) is 30.5 Å². The summed E-state index contributed by atoms with van der Waals surface area (Å²) in [7, 11) is 3.28. The maximum Gasteiger partial charge on any atom is 0.122 e. The topological polar surface area (TPSA) is 35.5 Å². The molecule has 0 N–H and O–H groups in total. The van der Waals surface area contributed by atoms with E-state index in [0.717, 1.165) is 28.9 Å². The van der Waals surface area contributed by atoms with E-state index < -0.39 is 0 Å². The molecule has 0 aliphatic rings. The molecule has 1 aromatic carbocycles. The van der Waals surface area contributed by atoms with Gasteiger partial charge in [0.15, 0.2) is 0 Å². The standard InChI is InChI=1S/C13H18O3/c1-9(5-6-14)11-8-12(15-3)10(2)7-13(11)16-4/h6-9H,5H2,1-4H3. The molecule has 0 bridgehead atoms. The van der Waals surface area contributed by atoms with E-state index >= 15 is 0 Å². The van der Waals surface area contributed by atoms with Crippen LogP contribution in [0.15, 0.2) is 12.1 Å². The molecular formula is C13H18O3. The SMILES string of the molecule is COc1cc(C(C)CC=O)c(OC)cc1C. The summed E-state index contributed by atoms with van der Waals surface area (Å²) in [6.45, 7) is 3.97. The third kappa shape index (κ3) is 2.54. The van der Waals surface area contributed by atoms with Gasteiger partial charge in [-0.15, -0.1) is 0 Å². The molecule has 88 valence electrons. The Morgan fingerprint density at radius 1 is 1.25 bits per heavy atom. The summed E-state index contributed by atoms with van der Waals surface area (Å²) in [6.07, 6.45) is 1.42. The highest BCUT2D eigenvalue weighted by Crippen LogP contribution is 2.34. The number of aldehydes is 1. The zero-order valence-corrected chi connectivity index (χ0v) is 10.2. The first kappa shape index (κ1) is 12.6. The Bertz CT molecular complexity index is 372. The van der Waals surface area contributed by atoms with Crippen LogP contribution in [0.25, 0.3) is 0 Å². The Balaban J connectivity index is 3.18. The largest absolute Gasteiger partial charge is 0.496 e. The smallest absolute Gasteiger partial charge is 0.122 e. The summed E-state index contributed by atoms with van der Waals surface area (Å²) in [4.78, 5) is 10.5. The molecule has 1 unspecified atom stereocenters. The maximum atomic E-state index is 10.5. The quantitative estimate of drug-likeness (QED) is 0.718. The van der Waals surface area contributed by atoms with E-state index in [4.69, 9.17) is 9.47 Å². The fraction of sp³-hybridized carbons (Fsp3) is 0.462. The van der Waals surface area contributed by atoms with Gasteiger partial charge < -0.3 is 14.3 Å². The molecule has 1 atom stereocenters. The number of benzene rings is 1. The van der Waals surface area contributed by atoms with Crippen LogP contribution in [0.2, 0.25) is 0 Å². The number of ether oxygens (including phenoxy) is 2. The highest BCUT2D eigenvalue weighted by molar-refractivity contribution is 5.54. The highest BCUT2D eigenvalue weighted by atomic mass is 16.5. The van der Waals surface area contributed by atoms with Crippen molar-refractivity contribution in [3.8, 4) is 11.5 Å². The minimum Gasteiger partial charge on any atom is -0.496 e. The third-order valence-electron chi connectivity index (χ3n) is 2.73. The third-order valence-corrected chi connectivity index (χ3v) is 2.73. The van der Waals surface area contributed by atoms with E-state index in [0.29, 0.717) is 6.42 Å².